The molecule has 0 aliphatic rings. The lowest BCUT2D eigenvalue weighted by Crippen LogP contribution is -2.30. The molecule has 0 aliphatic heterocycles. The third-order valence-corrected chi connectivity index (χ3v) is 22.4. The molecule has 0 amide bonds. The molecule has 0 radical (unpaired) electrons. The van der Waals surface area contributed by atoms with Crippen molar-refractivity contribution in [3.63, 3.8) is 0 Å². The second-order valence-corrected chi connectivity index (χ2v) is 34.7. The molecule has 630 valence electrons. The summed E-state index contributed by atoms with van der Waals surface area (Å²) in [4.78, 5) is 73.1. The van der Waals surface area contributed by atoms with Crippen LogP contribution in [-0.2, 0) is 65.4 Å². The molecule has 0 saturated carbocycles. The van der Waals surface area contributed by atoms with Gasteiger partial charge in [0, 0.05) is 25.7 Å². The number of phosphoric ester groups is 2. The summed E-state index contributed by atoms with van der Waals surface area (Å²) in [5, 5.41) is 10.7. The van der Waals surface area contributed by atoms with Crippen LogP contribution >= 0.6 is 15.6 Å². The van der Waals surface area contributed by atoms with E-state index in [1.54, 1.807) is 0 Å². The standard InChI is InChI=1S/C87H170O17P2/c1-6-9-12-15-18-20-22-24-26-28-30-31-36-39-43-47-51-56-61-66-71-85(90)98-77-83(104-87(92)73-68-63-58-53-49-45-41-37-33-32-34-38-42-46-50-55-59-64-69-80(4)5)79-102-106(95,96)100-75-81(88)74-99-105(93,94)101-78-82(76-97-84(89)70-65-60-54-17-14-11-8-3)103-86(91)72-67-62-57-52-48-44-40-35-29-27-25-23-21-19-16-13-10-7-2/h80-83,88H,6-79H2,1-5H3,(H,93,94)(H,95,96)/t81-,82+,83+/m0/s1. The number of carbonyl (C=O) groups is 4. The number of carbonyl (C=O) groups excluding carboxylic acids is 4. The zero-order valence-corrected chi connectivity index (χ0v) is 71.4. The number of aliphatic hydroxyl groups excluding tert-OH is 1. The number of ether oxygens (including phenoxy) is 4. The van der Waals surface area contributed by atoms with Gasteiger partial charge in [0.15, 0.2) is 12.2 Å². The second-order valence-electron chi connectivity index (χ2n) is 31.8. The third-order valence-electron chi connectivity index (χ3n) is 20.5. The zero-order chi connectivity index (χ0) is 77.6. The molecule has 19 heteroatoms. The number of esters is 4. The highest BCUT2D eigenvalue weighted by atomic mass is 31.2. The van der Waals surface area contributed by atoms with Crippen molar-refractivity contribution in [3.05, 3.63) is 0 Å². The largest absolute Gasteiger partial charge is 0.472 e. The van der Waals surface area contributed by atoms with E-state index >= 15 is 0 Å². The van der Waals surface area contributed by atoms with Crippen LogP contribution in [0.2, 0.25) is 0 Å². The highest BCUT2D eigenvalue weighted by Crippen LogP contribution is 2.45. The van der Waals surface area contributed by atoms with E-state index in [1.807, 2.05) is 0 Å². The molecule has 0 aliphatic carbocycles. The summed E-state index contributed by atoms with van der Waals surface area (Å²) in [6, 6.07) is 0. The van der Waals surface area contributed by atoms with E-state index in [1.165, 1.54) is 283 Å². The molecule has 0 aromatic rings. The number of aliphatic hydroxyl groups is 1. The molecule has 0 saturated heterocycles. The first-order valence-electron chi connectivity index (χ1n) is 45.1. The van der Waals surface area contributed by atoms with E-state index in [9.17, 15) is 43.2 Å². The molecule has 0 aromatic heterocycles. The van der Waals surface area contributed by atoms with E-state index in [-0.39, 0.29) is 25.7 Å². The van der Waals surface area contributed by atoms with Gasteiger partial charge < -0.3 is 33.8 Å². The van der Waals surface area contributed by atoms with Crippen LogP contribution in [0.25, 0.3) is 0 Å². The van der Waals surface area contributed by atoms with Crippen molar-refractivity contribution in [1.82, 2.24) is 0 Å². The molecule has 0 fully saturated rings. The Bertz CT molecular complexity index is 2010. The maximum absolute atomic E-state index is 13.1. The predicted octanol–water partition coefficient (Wildman–Crippen LogP) is 26.8. The summed E-state index contributed by atoms with van der Waals surface area (Å²) >= 11 is 0. The lowest BCUT2D eigenvalue weighted by Gasteiger charge is -2.21. The van der Waals surface area contributed by atoms with E-state index in [0.717, 1.165) is 109 Å². The number of phosphoric acid groups is 2. The van der Waals surface area contributed by atoms with E-state index in [2.05, 4.69) is 34.6 Å². The maximum atomic E-state index is 13.1. The van der Waals surface area contributed by atoms with Crippen LogP contribution in [0.15, 0.2) is 0 Å². The van der Waals surface area contributed by atoms with Crippen LogP contribution in [0.1, 0.15) is 471 Å². The van der Waals surface area contributed by atoms with Crippen molar-refractivity contribution < 1.29 is 80.2 Å². The minimum atomic E-state index is -4.96. The first-order chi connectivity index (χ1) is 51.5. The fourth-order valence-electron chi connectivity index (χ4n) is 13.6. The maximum Gasteiger partial charge on any atom is 0.472 e. The second kappa shape index (κ2) is 79.7. The summed E-state index contributed by atoms with van der Waals surface area (Å²) in [5.41, 5.74) is 0. The smallest absolute Gasteiger partial charge is 0.462 e. The molecule has 5 atom stereocenters. The molecule has 3 N–H and O–H groups in total. The molecule has 0 rings (SSSR count). The Morgan fingerprint density at radius 3 is 0.642 bits per heavy atom. The van der Waals surface area contributed by atoms with E-state index in [0.29, 0.717) is 25.7 Å². The average molecular weight is 1550 g/mol. The van der Waals surface area contributed by atoms with Crippen LogP contribution in [-0.4, -0.2) is 96.7 Å². The fourth-order valence-corrected chi connectivity index (χ4v) is 15.2. The van der Waals surface area contributed by atoms with Gasteiger partial charge in [0.05, 0.1) is 26.4 Å². The van der Waals surface area contributed by atoms with Gasteiger partial charge in [0.25, 0.3) is 0 Å². The van der Waals surface area contributed by atoms with Crippen molar-refractivity contribution in [2.75, 3.05) is 39.6 Å². The van der Waals surface area contributed by atoms with Gasteiger partial charge in [-0.25, -0.2) is 9.13 Å². The predicted molar refractivity (Wildman–Crippen MR) is 437 cm³/mol. The van der Waals surface area contributed by atoms with Crippen LogP contribution in [0.5, 0.6) is 0 Å². The molecule has 2 unspecified atom stereocenters. The normalized spacial score (nSPS) is 13.7. The highest BCUT2D eigenvalue weighted by molar-refractivity contribution is 7.47. The molecule has 17 nitrogen and oxygen atoms in total. The Balaban J connectivity index is 5.15. The summed E-state index contributed by atoms with van der Waals surface area (Å²) < 4.78 is 68.8. The van der Waals surface area contributed by atoms with Crippen molar-refractivity contribution in [1.29, 1.82) is 0 Å². The number of hydrogen-bond donors (Lipinski definition) is 3. The van der Waals surface area contributed by atoms with E-state index in [4.69, 9.17) is 37.0 Å². The molecule has 0 aromatic carbocycles. The third kappa shape index (κ3) is 80.1. The SMILES string of the molecule is CCCCCCCCCCCCCCCCCCCCCCC(=O)OC[C@H](COP(=O)(O)OC[C@@H](O)COP(=O)(O)OC[C@@H](COC(=O)CCCCCCCCC)OC(=O)CCCCCCCCCCCCCCCCCCCC)OC(=O)CCCCCCCCCCCCCCCCCCCCC(C)C. The number of unbranched alkanes of at least 4 members (excludes halogenated alkanes) is 59. The Kier molecular flexibility index (Phi) is 78.2. The van der Waals surface area contributed by atoms with Gasteiger partial charge in [-0.05, 0) is 31.6 Å². The first-order valence-corrected chi connectivity index (χ1v) is 48.1. The molecule has 0 heterocycles. The summed E-state index contributed by atoms with van der Waals surface area (Å²) in [6.07, 6.45) is 73.9. The summed E-state index contributed by atoms with van der Waals surface area (Å²) in [7, 11) is -9.92. The lowest BCUT2D eigenvalue weighted by atomic mass is 10.0. The fraction of sp³-hybridized carbons (Fsp3) is 0.954. The van der Waals surface area contributed by atoms with Gasteiger partial charge in [-0.15, -0.1) is 0 Å². The van der Waals surface area contributed by atoms with Crippen molar-refractivity contribution in [2.45, 2.75) is 490 Å². The Morgan fingerprint density at radius 1 is 0.255 bits per heavy atom. The van der Waals surface area contributed by atoms with E-state index < -0.39 is 97.5 Å². The highest BCUT2D eigenvalue weighted by Gasteiger charge is 2.30. The lowest BCUT2D eigenvalue weighted by molar-refractivity contribution is -0.161. The van der Waals surface area contributed by atoms with Gasteiger partial charge >= 0.3 is 39.5 Å². The first kappa shape index (κ1) is 104. The molecule has 106 heavy (non-hydrogen) atoms. The molecular formula is C87H170O17P2. The number of hydrogen-bond acceptors (Lipinski definition) is 15. The number of rotatable bonds is 87. The average Bonchev–Trinajstić information content (AvgIpc) is 0.969. The minimum Gasteiger partial charge on any atom is -0.462 e. The van der Waals surface area contributed by atoms with Gasteiger partial charge in [0.2, 0.25) is 0 Å². The monoisotopic (exact) mass is 1550 g/mol. The van der Waals surface area contributed by atoms with Crippen molar-refractivity contribution >= 4 is 39.5 Å². The summed E-state index contributed by atoms with van der Waals surface area (Å²) in [6.45, 7) is 7.36. The van der Waals surface area contributed by atoms with Crippen molar-refractivity contribution in [3.8, 4) is 0 Å². The molecular weight excluding hydrogens is 1380 g/mol. The van der Waals surface area contributed by atoms with Crippen molar-refractivity contribution in [2.24, 2.45) is 5.92 Å². The van der Waals surface area contributed by atoms with Gasteiger partial charge in [0.1, 0.15) is 19.3 Å². The quantitative estimate of drug-likeness (QED) is 0.0222. The molecule has 0 spiro atoms. The Labute approximate surface area is 651 Å². The topological polar surface area (TPSA) is 237 Å². The van der Waals surface area contributed by atoms with Gasteiger partial charge in [-0.3, -0.25) is 37.3 Å². The minimum absolute atomic E-state index is 0.109. The molecule has 0 bridgehead atoms. The summed E-state index contributed by atoms with van der Waals surface area (Å²) in [5.74, 6) is -1.28. The Hall–Kier alpha value is -1.94. The Morgan fingerprint density at radius 2 is 0.434 bits per heavy atom. The van der Waals surface area contributed by atoms with Gasteiger partial charge in [-0.1, -0.05) is 420 Å². The van der Waals surface area contributed by atoms with Crippen LogP contribution in [0, 0.1) is 5.92 Å². The van der Waals surface area contributed by atoms with Crippen LogP contribution < -0.4 is 0 Å². The zero-order valence-electron chi connectivity index (χ0n) is 69.6. The van der Waals surface area contributed by atoms with Crippen LogP contribution in [0.3, 0.4) is 0 Å². The van der Waals surface area contributed by atoms with Crippen LogP contribution in [0.4, 0.5) is 0 Å². The van der Waals surface area contributed by atoms with Gasteiger partial charge in [-0.2, -0.15) is 0 Å².